The lowest BCUT2D eigenvalue weighted by Gasteiger charge is -2.15. The van der Waals surface area contributed by atoms with Crippen LogP contribution < -0.4 is 15.4 Å². The second kappa shape index (κ2) is 8.98. The first-order chi connectivity index (χ1) is 13.9. The summed E-state index contributed by atoms with van der Waals surface area (Å²) in [5.41, 5.74) is 0.882. The van der Waals surface area contributed by atoms with Crippen LogP contribution in [0.3, 0.4) is 0 Å². The maximum absolute atomic E-state index is 13.0. The molecule has 29 heavy (non-hydrogen) atoms. The molecule has 0 aromatic heterocycles. The zero-order valence-corrected chi connectivity index (χ0v) is 17.1. The van der Waals surface area contributed by atoms with Crippen LogP contribution in [-0.4, -0.2) is 28.0 Å². The Labute approximate surface area is 174 Å². The SMILES string of the molecule is COc1c(NCC(=O)Nc2ccccc2Cl)cccc1S(=O)(=O)c1ccccc1. The smallest absolute Gasteiger partial charge is 0.243 e. The van der Waals surface area contributed by atoms with Crippen molar-refractivity contribution in [3.63, 3.8) is 0 Å². The molecule has 0 saturated heterocycles. The van der Waals surface area contributed by atoms with Gasteiger partial charge < -0.3 is 15.4 Å². The molecule has 1 amide bonds. The van der Waals surface area contributed by atoms with Crippen molar-refractivity contribution >= 4 is 38.7 Å². The van der Waals surface area contributed by atoms with Crippen LogP contribution in [0, 0.1) is 0 Å². The summed E-state index contributed by atoms with van der Waals surface area (Å²) in [6, 6.07) is 19.7. The van der Waals surface area contributed by atoms with Gasteiger partial charge >= 0.3 is 0 Å². The predicted octanol–water partition coefficient (Wildman–Crippen LogP) is 4.23. The van der Waals surface area contributed by atoms with E-state index in [9.17, 15) is 13.2 Å². The molecule has 3 aromatic rings. The molecule has 3 rings (SSSR count). The molecule has 0 radical (unpaired) electrons. The molecule has 6 nitrogen and oxygen atoms in total. The van der Waals surface area contributed by atoms with Gasteiger partial charge in [-0.15, -0.1) is 0 Å². The number of para-hydroxylation sites is 2. The number of carbonyl (C=O) groups is 1. The van der Waals surface area contributed by atoms with Crippen LogP contribution in [0.25, 0.3) is 0 Å². The number of halogens is 1. The molecule has 0 aliphatic rings. The Morgan fingerprint density at radius 2 is 1.59 bits per heavy atom. The maximum Gasteiger partial charge on any atom is 0.243 e. The summed E-state index contributed by atoms with van der Waals surface area (Å²) in [6.45, 7) is -0.101. The van der Waals surface area contributed by atoms with Crippen LogP contribution >= 0.6 is 11.6 Å². The number of benzene rings is 3. The zero-order chi connectivity index (χ0) is 20.9. The third kappa shape index (κ3) is 4.70. The van der Waals surface area contributed by atoms with E-state index in [1.807, 2.05) is 0 Å². The van der Waals surface area contributed by atoms with Crippen molar-refractivity contribution in [3.05, 3.63) is 77.8 Å². The van der Waals surface area contributed by atoms with Crippen molar-refractivity contribution in [2.45, 2.75) is 9.79 Å². The Morgan fingerprint density at radius 1 is 0.931 bits per heavy atom. The Morgan fingerprint density at radius 3 is 2.28 bits per heavy atom. The summed E-state index contributed by atoms with van der Waals surface area (Å²) in [5.74, 6) is -0.196. The van der Waals surface area contributed by atoms with Crippen molar-refractivity contribution in [1.29, 1.82) is 0 Å². The zero-order valence-electron chi connectivity index (χ0n) is 15.6. The van der Waals surface area contributed by atoms with Gasteiger partial charge in [-0.25, -0.2) is 8.42 Å². The van der Waals surface area contributed by atoms with Gasteiger partial charge in [0.15, 0.2) is 5.75 Å². The minimum atomic E-state index is -3.78. The minimum absolute atomic E-state index is 0.0164. The first-order valence-electron chi connectivity index (χ1n) is 8.69. The topological polar surface area (TPSA) is 84.5 Å². The first-order valence-corrected chi connectivity index (χ1v) is 10.5. The van der Waals surface area contributed by atoms with Crippen molar-refractivity contribution in [1.82, 2.24) is 0 Å². The van der Waals surface area contributed by atoms with Gasteiger partial charge in [0.2, 0.25) is 15.7 Å². The molecule has 150 valence electrons. The lowest BCUT2D eigenvalue weighted by atomic mass is 10.3. The van der Waals surface area contributed by atoms with E-state index in [0.717, 1.165) is 0 Å². The molecule has 0 atom stereocenters. The summed E-state index contributed by atoms with van der Waals surface area (Å²) in [5, 5.41) is 6.04. The summed E-state index contributed by atoms with van der Waals surface area (Å²) >= 11 is 6.04. The Bertz CT molecular complexity index is 1120. The summed E-state index contributed by atoms with van der Waals surface area (Å²) in [7, 11) is -2.40. The molecule has 0 spiro atoms. The quantitative estimate of drug-likeness (QED) is 0.585. The van der Waals surface area contributed by atoms with Crippen LogP contribution in [0.2, 0.25) is 5.02 Å². The fourth-order valence-corrected chi connectivity index (χ4v) is 4.38. The highest BCUT2D eigenvalue weighted by atomic mass is 35.5. The summed E-state index contributed by atoms with van der Waals surface area (Å²) in [4.78, 5) is 12.4. The fourth-order valence-electron chi connectivity index (χ4n) is 2.74. The first kappa shape index (κ1) is 20.7. The minimum Gasteiger partial charge on any atom is -0.493 e. The molecule has 0 bridgehead atoms. The monoisotopic (exact) mass is 430 g/mol. The highest BCUT2D eigenvalue weighted by Crippen LogP contribution is 2.35. The number of rotatable bonds is 7. The van der Waals surface area contributed by atoms with Crippen LogP contribution in [-0.2, 0) is 14.6 Å². The number of hydrogen-bond acceptors (Lipinski definition) is 5. The number of anilines is 2. The highest BCUT2D eigenvalue weighted by Gasteiger charge is 2.24. The van der Waals surface area contributed by atoms with Crippen molar-refractivity contribution in [2.75, 3.05) is 24.3 Å². The molecule has 0 unspecified atom stereocenters. The van der Waals surface area contributed by atoms with E-state index in [0.29, 0.717) is 16.4 Å². The lowest BCUT2D eigenvalue weighted by molar-refractivity contribution is -0.114. The number of amides is 1. The van der Waals surface area contributed by atoms with Gasteiger partial charge in [0.25, 0.3) is 0 Å². The van der Waals surface area contributed by atoms with E-state index in [4.69, 9.17) is 16.3 Å². The average molecular weight is 431 g/mol. The molecule has 0 aliphatic carbocycles. The molecule has 3 aromatic carbocycles. The van der Waals surface area contributed by atoms with Crippen LogP contribution in [0.5, 0.6) is 5.75 Å². The molecular formula is C21H19ClN2O4S. The second-order valence-electron chi connectivity index (χ2n) is 6.04. The van der Waals surface area contributed by atoms with Gasteiger partial charge in [-0.3, -0.25) is 4.79 Å². The molecular weight excluding hydrogens is 412 g/mol. The van der Waals surface area contributed by atoms with E-state index in [1.54, 1.807) is 54.6 Å². The number of ether oxygens (including phenoxy) is 1. The number of hydrogen-bond donors (Lipinski definition) is 2. The van der Waals surface area contributed by atoms with E-state index in [2.05, 4.69) is 10.6 Å². The van der Waals surface area contributed by atoms with Crippen LogP contribution in [0.4, 0.5) is 11.4 Å². The van der Waals surface area contributed by atoms with Gasteiger partial charge in [0, 0.05) is 0 Å². The number of sulfone groups is 1. The molecule has 8 heteroatoms. The average Bonchev–Trinajstić information content (AvgIpc) is 2.74. The van der Waals surface area contributed by atoms with Gasteiger partial charge in [0.1, 0.15) is 4.90 Å². The normalized spacial score (nSPS) is 11.0. The van der Waals surface area contributed by atoms with Gasteiger partial charge in [0.05, 0.1) is 34.9 Å². The molecule has 0 fully saturated rings. The molecule has 0 saturated carbocycles. The standard InChI is InChI=1S/C21H19ClN2O4S/c1-28-21-18(23-14-20(25)24-17-11-6-5-10-16(17)22)12-7-13-19(21)29(26,27)15-8-3-2-4-9-15/h2-13,23H,14H2,1H3,(H,24,25). The van der Waals surface area contributed by atoms with E-state index in [-0.39, 0.29) is 28.0 Å². The van der Waals surface area contributed by atoms with Crippen LogP contribution in [0.15, 0.2) is 82.6 Å². The number of methoxy groups -OCH3 is 1. The molecule has 0 heterocycles. The number of nitrogens with one attached hydrogen (secondary N) is 2. The third-order valence-electron chi connectivity index (χ3n) is 4.11. The van der Waals surface area contributed by atoms with Crippen molar-refractivity contribution in [2.24, 2.45) is 0 Å². The predicted molar refractivity (Wildman–Crippen MR) is 113 cm³/mol. The fraction of sp³-hybridized carbons (Fsp3) is 0.0952. The Kier molecular flexibility index (Phi) is 6.41. The summed E-state index contributed by atoms with van der Waals surface area (Å²) in [6.07, 6.45) is 0. The number of carbonyl (C=O) groups excluding carboxylic acids is 1. The Hall–Kier alpha value is -3.03. The van der Waals surface area contributed by atoms with Gasteiger partial charge in [-0.2, -0.15) is 0 Å². The third-order valence-corrected chi connectivity index (χ3v) is 6.24. The van der Waals surface area contributed by atoms with Crippen molar-refractivity contribution < 1.29 is 17.9 Å². The Balaban J connectivity index is 1.81. The maximum atomic E-state index is 13.0. The largest absolute Gasteiger partial charge is 0.493 e. The van der Waals surface area contributed by atoms with Gasteiger partial charge in [-0.05, 0) is 36.4 Å². The van der Waals surface area contributed by atoms with E-state index in [1.165, 1.54) is 25.3 Å². The van der Waals surface area contributed by atoms with E-state index >= 15 is 0 Å². The van der Waals surface area contributed by atoms with E-state index < -0.39 is 9.84 Å². The highest BCUT2D eigenvalue weighted by molar-refractivity contribution is 7.91. The lowest BCUT2D eigenvalue weighted by Crippen LogP contribution is -2.22. The second-order valence-corrected chi connectivity index (χ2v) is 8.36. The molecule has 2 N–H and O–H groups in total. The van der Waals surface area contributed by atoms with Crippen LogP contribution in [0.1, 0.15) is 0 Å². The summed E-state index contributed by atoms with van der Waals surface area (Å²) < 4.78 is 31.3. The van der Waals surface area contributed by atoms with Crippen molar-refractivity contribution in [3.8, 4) is 5.75 Å². The molecule has 0 aliphatic heterocycles. The van der Waals surface area contributed by atoms with Gasteiger partial charge in [-0.1, -0.05) is 48.0 Å².